The van der Waals surface area contributed by atoms with Crippen LogP contribution in [0.3, 0.4) is 0 Å². The van der Waals surface area contributed by atoms with E-state index in [1.165, 1.54) is 22.5 Å². The van der Waals surface area contributed by atoms with Gasteiger partial charge in [-0.1, -0.05) is 30.3 Å². The Labute approximate surface area is 151 Å². The van der Waals surface area contributed by atoms with Crippen LogP contribution in [0.5, 0.6) is 0 Å². The number of fused-ring (bicyclic) bond motifs is 1. The Morgan fingerprint density at radius 1 is 1.00 bits per heavy atom. The van der Waals surface area contributed by atoms with Gasteiger partial charge in [-0.2, -0.15) is 0 Å². The zero-order valence-electron chi connectivity index (χ0n) is 14.0. The van der Waals surface area contributed by atoms with Crippen molar-refractivity contribution in [2.45, 2.75) is 44.6 Å². The van der Waals surface area contributed by atoms with Crippen LogP contribution in [0.1, 0.15) is 58.9 Å². The van der Waals surface area contributed by atoms with Crippen LogP contribution in [0, 0.1) is 0 Å². The predicted octanol–water partition coefficient (Wildman–Crippen LogP) is 3.86. The highest BCUT2D eigenvalue weighted by Crippen LogP contribution is 2.30. The molecule has 0 unspecified atom stereocenters. The van der Waals surface area contributed by atoms with Crippen LogP contribution in [0.4, 0.5) is 0 Å². The molecule has 0 radical (unpaired) electrons. The van der Waals surface area contributed by atoms with E-state index in [0.717, 1.165) is 12.8 Å². The molecule has 4 nitrogen and oxygen atoms in total. The molecule has 0 saturated heterocycles. The normalized spacial score (nSPS) is 15.6. The fourth-order valence-corrected chi connectivity index (χ4v) is 3.86. The Morgan fingerprint density at radius 3 is 2.60 bits per heavy atom. The summed E-state index contributed by atoms with van der Waals surface area (Å²) in [6.45, 7) is 0. The van der Waals surface area contributed by atoms with E-state index in [4.69, 9.17) is 0 Å². The van der Waals surface area contributed by atoms with Gasteiger partial charge in [0.25, 0.3) is 0 Å². The first kappa shape index (κ1) is 17.5. The van der Waals surface area contributed by atoms with Crippen molar-refractivity contribution in [1.82, 2.24) is 5.32 Å². The SMILES string of the molecule is O=C(CCC(=O)N[C@H]1CCc2ccccc21)CCC(=O)c1cccs1. The van der Waals surface area contributed by atoms with Gasteiger partial charge in [0.1, 0.15) is 5.78 Å². The molecule has 25 heavy (non-hydrogen) atoms. The van der Waals surface area contributed by atoms with E-state index in [0.29, 0.717) is 4.88 Å². The lowest BCUT2D eigenvalue weighted by atomic mass is 10.1. The molecule has 0 spiro atoms. The van der Waals surface area contributed by atoms with Crippen molar-refractivity contribution in [2.75, 3.05) is 0 Å². The Morgan fingerprint density at radius 2 is 1.80 bits per heavy atom. The summed E-state index contributed by atoms with van der Waals surface area (Å²) in [5, 5.41) is 4.87. The second kappa shape index (κ2) is 8.21. The number of hydrogen-bond donors (Lipinski definition) is 1. The van der Waals surface area contributed by atoms with Crippen molar-refractivity contribution < 1.29 is 14.4 Å². The van der Waals surface area contributed by atoms with Gasteiger partial charge in [0, 0.05) is 25.7 Å². The Hall–Kier alpha value is -2.27. The summed E-state index contributed by atoms with van der Waals surface area (Å²) >= 11 is 1.39. The van der Waals surface area contributed by atoms with Crippen molar-refractivity contribution in [3.05, 3.63) is 57.8 Å². The lowest BCUT2D eigenvalue weighted by Crippen LogP contribution is -2.27. The van der Waals surface area contributed by atoms with Crippen LogP contribution in [0.2, 0.25) is 0 Å². The third-order valence-electron chi connectivity index (χ3n) is 4.53. The Bertz CT molecular complexity index is 767. The largest absolute Gasteiger partial charge is 0.349 e. The van der Waals surface area contributed by atoms with Crippen LogP contribution >= 0.6 is 11.3 Å². The number of nitrogens with one attached hydrogen (secondary N) is 1. The minimum Gasteiger partial charge on any atom is -0.349 e. The van der Waals surface area contributed by atoms with Crippen molar-refractivity contribution >= 4 is 28.8 Å². The quantitative estimate of drug-likeness (QED) is 0.731. The van der Waals surface area contributed by atoms with Gasteiger partial charge in [-0.15, -0.1) is 11.3 Å². The molecule has 5 heteroatoms. The first-order valence-electron chi connectivity index (χ1n) is 8.59. The molecule has 1 aliphatic carbocycles. The molecule has 0 bridgehead atoms. The van der Waals surface area contributed by atoms with Gasteiger partial charge in [-0.3, -0.25) is 14.4 Å². The van der Waals surface area contributed by atoms with E-state index in [9.17, 15) is 14.4 Å². The monoisotopic (exact) mass is 355 g/mol. The average Bonchev–Trinajstić information content (AvgIpc) is 3.28. The molecule has 0 fully saturated rings. The number of amides is 1. The number of benzene rings is 1. The van der Waals surface area contributed by atoms with Crippen LogP contribution < -0.4 is 5.32 Å². The third kappa shape index (κ3) is 4.63. The molecule has 1 atom stereocenters. The van der Waals surface area contributed by atoms with E-state index in [2.05, 4.69) is 17.4 Å². The molecule has 1 aromatic heterocycles. The highest BCUT2D eigenvalue weighted by Gasteiger charge is 2.23. The van der Waals surface area contributed by atoms with Gasteiger partial charge in [0.05, 0.1) is 10.9 Å². The number of hydrogen-bond acceptors (Lipinski definition) is 4. The zero-order chi connectivity index (χ0) is 17.6. The standard InChI is InChI=1S/C20H21NO3S/c22-15(8-11-18(23)19-6-3-13-25-19)9-12-20(24)21-17-10-7-14-4-1-2-5-16(14)17/h1-6,13,17H,7-12H2,(H,21,24)/t17-/m0/s1. The highest BCUT2D eigenvalue weighted by molar-refractivity contribution is 7.12. The number of rotatable bonds is 8. The molecule has 3 rings (SSSR count). The number of ketones is 2. The van der Waals surface area contributed by atoms with Gasteiger partial charge in [-0.05, 0) is 35.4 Å². The Balaban J connectivity index is 1.39. The molecule has 0 aliphatic heterocycles. The highest BCUT2D eigenvalue weighted by atomic mass is 32.1. The molecule has 1 amide bonds. The van der Waals surface area contributed by atoms with Crippen molar-refractivity contribution in [2.24, 2.45) is 0 Å². The number of Topliss-reactive ketones (excluding diaryl/α,β-unsaturated/α-hetero) is 2. The summed E-state index contributed by atoms with van der Waals surface area (Å²) in [6.07, 6.45) is 2.69. The van der Waals surface area contributed by atoms with Crippen molar-refractivity contribution in [1.29, 1.82) is 0 Å². The van der Waals surface area contributed by atoms with E-state index in [1.54, 1.807) is 6.07 Å². The van der Waals surface area contributed by atoms with Crippen LogP contribution in [0.25, 0.3) is 0 Å². The van der Waals surface area contributed by atoms with Crippen LogP contribution in [0.15, 0.2) is 41.8 Å². The average molecular weight is 355 g/mol. The summed E-state index contributed by atoms with van der Waals surface area (Å²) < 4.78 is 0. The number of carbonyl (C=O) groups is 3. The van der Waals surface area contributed by atoms with Gasteiger partial charge < -0.3 is 5.32 Å². The second-order valence-electron chi connectivity index (χ2n) is 6.30. The summed E-state index contributed by atoms with van der Waals surface area (Å²) in [5.74, 6) is -0.137. The van der Waals surface area contributed by atoms with E-state index < -0.39 is 0 Å². The Kier molecular flexibility index (Phi) is 5.76. The van der Waals surface area contributed by atoms with E-state index >= 15 is 0 Å². The van der Waals surface area contributed by atoms with E-state index in [1.807, 2.05) is 23.6 Å². The van der Waals surface area contributed by atoms with E-state index in [-0.39, 0.29) is 49.2 Å². The molecular formula is C20H21NO3S. The van der Waals surface area contributed by atoms with Crippen LogP contribution in [-0.2, 0) is 16.0 Å². The first-order valence-corrected chi connectivity index (χ1v) is 9.47. The lowest BCUT2D eigenvalue weighted by molar-refractivity contribution is -0.125. The molecule has 0 saturated carbocycles. The topological polar surface area (TPSA) is 63.2 Å². The zero-order valence-corrected chi connectivity index (χ0v) is 14.8. The molecule has 130 valence electrons. The number of thiophene rings is 1. The summed E-state index contributed by atoms with van der Waals surface area (Å²) in [6, 6.07) is 11.8. The van der Waals surface area contributed by atoms with Crippen molar-refractivity contribution in [3.8, 4) is 0 Å². The molecule has 2 aromatic rings. The maximum atomic E-state index is 12.1. The molecule has 1 aromatic carbocycles. The summed E-state index contributed by atoms with van der Waals surface area (Å²) in [4.78, 5) is 36.6. The fraction of sp³-hybridized carbons (Fsp3) is 0.350. The molecule has 1 aliphatic rings. The van der Waals surface area contributed by atoms with Gasteiger partial charge in [0.15, 0.2) is 5.78 Å². The smallest absolute Gasteiger partial charge is 0.220 e. The minimum atomic E-state index is -0.0976. The second-order valence-corrected chi connectivity index (χ2v) is 7.24. The summed E-state index contributed by atoms with van der Waals surface area (Å²) in [7, 11) is 0. The molecular weight excluding hydrogens is 334 g/mol. The van der Waals surface area contributed by atoms with Crippen LogP contribution in [-0.4, -0.2) is 17.5 Å². The molecule has 1 N–H and O–H groups in total. The number of aryl methyl sites for hydroxylation is 1. The molecule has 1 heterocycles. The van der Waals surface area contributed by atoms with Crippen molar-refractivity contribution in [3.63, 3.8) is 0 Å². The predicted molar refractivity (Wildman–Crippen MR) is 97.8 cm³/mol. The van der Waals surface area contributed by atoms with Gasteiger partial charge in [0.2, 0.25) is 5.91 Å². The van der Waals surface area contributed by atoms with Gasteiger partial charge >= 0.3 is 0 Å². The third-order valence-corrected chi connectivity index (χ3v) is 5.44. The minimum absolute atomic E-state index is 0.00429. The summed E-state index contributed by atoms with van der Waals surface area (Å²) in [5.41, 5.74) is 2.47. The fourth-order valence-electron chi connectivity index (χ4n) is 3.16. The maximum Gasteiger partial charge on any atom is 0.220 e. The number of carbonyl (C=O) groups excluding carboxylic acids is 3. The first-order chi connectivity index (χ1) is 12.1. The van der Waals surface area contributed by atoms with Gasteiger partial charge in [-0.25, -0.2) is 0 Å². The maximum absolute atomic E-state index is 12.1. The lowest BCUT2D eigenvalue weighted by Gasteiger charge is -2.13.